The van der Waals surface area contributed by atoms with Crippen LogP contribution in [-0.4, -0.2) is 52.3 Å². The Morgan fingerprint density at radius 1 is 1.27 bits per heavy atom. The average molecular weight is 347 g/mol. The Balaban J connectivity index is 2.27. The third-order valence-corrected chi connectivity index (χ3v) is 7.25. The van der Waals surface area contributed by atoms with Gasteiger partial charge < -0.3 is 4.74 Å². The molecule has 0 radical (unpaired) electrons. The molecule has 8 heteroatoms. The highest BCUT2D eigenvalue weighted by molar-refractivity contribution is 7.91. The molecule has 1 aliphatic rings. The maximum atomic E-state index is 12.6. The van der Waals surface area contributed by atoms with Crippen LogP contribution < -0.4 is 4.74 Å². The number of nitrogens with zero attached hydrogens (tertiary/aromatic N) is 1. The van der Waals surface area contributed by atoms with Gasteiger partial charge in [0.25, 0.3) is 0 Å². The van der Waals surface area contributed by atoms with Crippen molar-refractivity contribution in [2.75, 3.05) is 26.0 Å². The molecule has 0 bridgehead atoms. The van der Waals surface area contributed by atoms with Gasteiger partial charge in [-0.05, 0) is 44.0 Å². The second kappa shape index (κ2) is 6.17. The highest BCUT2D eigenvalue weighted by atomic mass is 32.2. The fourth-order valence-corrected chi connectivity index (χ4v) is 5.18. The smallest absolute Gasteiger partial charge is 0.243 e. The molecule has 124 valence electrons. The molecule has 6 nitrogen and oxygen atoms in total. The predicted octanol–water partition coefficient (Wildman–Crippen LogP) is 1.20. The summed E-state index contributed by atoms with van der Waals surface area (Å²) in [5.41, 5.74) is 0.738. The number of benzene rings is 1. The largest absolute Gasteiger partial charge is 0.494 e. The summed E-state index contributed by atoms with van der Waals surface area (Å²) in [5, 5.41) is -0.619. The van der Waals surface area contributed by atoms with Crippen LogP contribution in [-0.2, 0) is 19.9 Å². The molecular formula is C14H21NO5S2. The number of hydrogen-bond acceptors (Lipinski definition) is 5. The van der Waals surface area contributed by atoms with Crippen LogP contribution in [0.3, 0.4) is 0 Å². The summed E-state index contributed by atoms with van der Waals surface area (Å²) in [5.74, 6) is 0.650. The molecule has 1 atom stereocenters. The van der Waals surface area contributed by atoms with Crippen LogP contribution in [0.1, 0.15) is 18.9 Å². The van der Waals surface area contributed by atoms with Gasteiger partial charge in [0.1, 0.15) is 5.75 Å². The van der Waals surface area contributed by atoms with Crippen molar-refractivity contribution in [1.29, 1.82) is 0 Å². The Labute approximate surface area is 132 Å². The van der Waals surface area contributed by atoms with Crippen LogP contribution in [0.15, 0.2) is 23.1 Å². The van der Waals surface area contributed by atoms with Gasteiger partial charge in [0.2, 0.25) is 10.0 Å². The molecule has 0 aliphatic carbocycles. The van der Waals surface area contributed by atoms with E-state index in [9.17, 15) is 16.8 Å². The predicted molar refractivity (Wildman–Crippen MR) is 84.4 cm³/mol. The molecule has 1 aromatic carbocycles. The number of ether oxygens (including phenoxy) is 1. The van der Waals surface area contributed by atoms with Gasteiger partial charge in [0.15, 0.2) is 9.84 Å². The van der Waals surface area contributed by atoms with Crippen molar-refractivity contribution in [3.8, 4) is 5.75 Å². The Morgan fingerprint density at radius 2 is 1.95 bits per heavy atom. The lowest BCUT2D eigenvalue weighted by molar-refractivity contribution is 0.337. The first-order valence-corrected chi connectivity index (χ1v) is 10.5. The van der Waals surface area contributed by atoms with E-state index in [0.717, 1.165) is 11.8 Å². The monoisotopic (exact) mass is 347 g/mol. The fourth-order valence-electron chi connectivity index (χ4n) is 2.51. The van der Waals surface area contributed by atoms with E-state index in [-0.39, 0.29) is 18.0 Å². The zero-order valence-corrected chi connectivity index (χ0v) is 14.6. The summed E-state index contributed by atoms with van der Waals surface area (Å²) in [4.78, 5) is 0.169. The molecule has 22 heavy (non-hydrogen) atoms. The van der Waals surface area contributed by atoms with Gasteiger partial charge in [-0.3, -0.25) is 0 Å². The zero-order chi connectivity index (χ0) is 16.5. The molecule has 1 unspecified atom stereocenters. The summed E-state index contributed by atoms with van der Waals surface area (Å²) in [6.07, 6.45) is 1.49. The van der Waals surface area contributed by atoms with Crippen LogP contribution in [0.25, 0.3) is 0 Å². The first-order valence-electron chi connectivity index (χ1n) is 7.08. The Morgan fingerprint density at radius 3 is 2.45 bits per heavy atom. The molecule has 0 aromatic heterocycles. The van der Waals surface area contributed by atoms with Crippen molar-refractivity contribution in [2.24, 2.45) is 0 Å². The summed E-state index contributed by atoms with van der Waals surface area (Å²) in [6.45, 7) is 4.40. The van der Waals surface area contributed by atoms with Crippen molar-refractivity contribution >= 4 is 19.9 Å². The lowest BCUT2D eigenvalue weighted by Crippen LogP contribution is -2.31. The molecule has 0 spiro atoms. The van der Waals surface area contributed by atoms with Gasteiger partial charge in [0, 0.05) is 19.3 Å². The quantitative estimate of drug-likeness (QED) is 0.799. The van der Waals surface area contributed by atoms with E-state index in [0.29, 0.717) is 18.8 Å². The first kappa shape index (κ1) is 17.2. The van der Waals surface area contributed by atoms with Crippen molar-refractivity contribution in [2.45, 2.75) is 30.4 Å². The number of hydrogen-bond donors (Lipinski definition) is 0. The van der Waals surface area contributed by atoms with E-state index in [4.69, 9.17) is 4.74 Å². The Bertz CT molecular complexity index is 755. The lowest BCUT2D eigenvalue weighted by Gasteiger charge is -2.17. The Hall–Kier alpha value is -1.12. The van der Waals surface area contributed by atoms with Crippen LogP contribution in [0.2, 0.25) is 0 Å². The lowest BCUT2D eigenvalue weighted by atomic mass is 10.2. The third kappa shape index (κ3) is 3.44. The topological polar surface area (TPSA) is 80.8 Å². The highest BCUT2D eigenvalue weighted by Gasteiger charge is 2.37. The molecule has 0 N–H and O–H groups in total. The van der Waals surface area contributed by atoms with E-state index >= 15 is 0 Å². The van der Waals surface area contributed by atoms with Crippen molar-refractivity contribution in [1.82, 2.24) is 4.31 Å². The van der Waals surface area contributed by atoms with Gasteiger partial charge in [-0.2, -0.15) is 4.31 Å². The zero-order valence-electron chi connectivity index (χ0n) is 12.9. The third-order valence-electron chi connectivity index (χ3n) is 3.80. The number of aryl methyl sites for hydroxylation is 1. The van der Waals surface area contributed by atoms with Crippen molar-refractivity contribution < 1.29 is 21.6 Å². The fraction of sp³-hybridized carbons (Fsp3) is 0.571. The molecule has 1 saturated heterocycles. The first-order chi connectivity index (χ1) is 10.2. The maximum absolute atomic E-state index is 12.6. The second-order valence-corrected chi connectivity index (χ2v) is 9.73. The van der Waals surface area contributed by atoms with E-state index in [1.54, 1.807) is 19.1 Å². The minimum atomic E-state index is -3.67. The van der Waals surface area contributed by atoms with Gasteiger partial charge in [-0.15, -0.1) is 0 Å². The minimum absolute atomic E-state index is 0.0213. The van der Waals surface area contributed by atoms with E-state index in [1.165, 1.54) is 10.4 Å². The van der Waals surface area contributed by atoms with E-state index < -0.39 is 25.1 Å². The van der Waals surface area contributed by atoms with Gasteiger partial charge in [-0.25, -0.2) is 16.8 Å². The SMILES string of the molecule is CCOc1ccc(S(=O)(=O)N2CCC(S(C)(=O)=O)C2)cc1C. The molecule has 1 fully saturated rings. The summed E-state index contributed by atoms with van der Waals surface area (Å²) >= 11 is 0. The summed E-state index contributed by atoms with van der Waals surface area (Å²) in [7, 11) is -6.90. The van der Waals surface area contributed by atoms with Gasteiger partial charge in [-0.1, -0.05) is 0 Å². The number of sulfone groups is 1. The van der Waals surface area contributed by atoms with Crippen LogP contribution in [0.4, 0.5) is 0 Å². The molecule has 2 rings (SSSR count). The van der Waals surface area contributed by atoms with Crippen LogP contribution in [0.5, 0.6) is 5.75 Å². The molecule has 1 aliphatic heterocycles. The summed E-state index contributed by atoms with van der Waals surface area (Å²) in [6, 6.07) is 4.70. The van der Waals surface area contributed by atoms with Crippen LogP contribution in [0, 0.1) is 6.92 Å². The standard InChI is InChI=1S/C14H21NO5S2/c1-4-20-14-6-5-12(9-11(14)2)22(18,19)15-8-7-13(10-15)21(3,16)17/h5-6,9,13H,4,7-8,10H2,1-3H3. The highest BCUT2D eigenvalue weighted by Crippen LogP contribution is 2.27. The van der Waals surface area contributed by atoms with Gasteiger partial charge >= 0.3 is 0 Å². The van der Waals surface area contributed by atoms with Crippen LogP contribution >= 0.6 is 0 Å². The molecule has 0 saturated carbocycles. The molecule has 1 aromatic rings. The number of rotatable bonds is 5. The molecule has 0 amide bonds. The molecule has 1 heterocycles. The number of sulfonamides is 1. The van der Waals surface area contributed by atoms with E-state index in [1.807, 2.05) is 6.92 Å². The van der Waals surface area contributed by atoms with E-state index in [2.05, 4.69) is 0 Å². The minimum Gasteiger partial charge on any atom is -0.494 e. The average Bonchev–Trinajstić information content (AvgIpc) is 2.91. The van der Waals surface area contributed by atoms with Gasteiger partial charge in [0.05, 0.1) is 16.8 Å². The van der Waals surface area contributed by atoms with Crippen molar-refractivity contribution in [3.63, 3.8) is 0 Å². The van der Waals surface area contributed by atoms with Crippen molar-refractivity contribution in [3.05, 3.63) is 23.8 Å². The Kier molecular flexibility index (Phi) is 4.84. The summed E-state index contributed by atoms with van der Waals surface area (Å²) < 4.78 is 55.0. The second-order valence-electron chi connectivity index (χ2n) is 5.46. The molecular weight excluding hydrogens is 326 g/mol. The normalized spacial score (nSPS) is 20.2. The maximum Gasteiger partial charge on any atom is 0.243 e.